The van der Waals surface area contributed by atoms with Gasteiger partial charge in [-0.3, -0.25) is 76.7 Å². The molecule has 0 bridgehead atoms. The van der Waals surface area contributed by atoms with Crippen LogP contribution >= 0.6 is 21.6 Å². The van der Waals surface area contributed by atoms with Crippen LogP contribution in [0.1, 0.15) is 126 Å². The first-order chi connectivity index (χ1) is 51.7. The number of carboxylic acid groups (broad SMARTS) is 3. The number of Topliss-reactive ketones (excluding diaryl/α,β-unsaturated/α-hetero) is 1. The van der Waals surface area contributed by atoms with Gasteiger partial charge in [0.15, 0.2) is 6.04 Å². The molecule has 0 unspecified atom stereocenters. The maximum atomic E-state index is 15.1. The summed E-state index contributed by atoms with van der Waals surface area (Å²) in [5, 5.41) is 73.4. The Balaban J connectivity index is 1.67. The fraction of sp³-hybridized carbons (Fsp3) is 0.542. The Labute approximate surface area is 641 Å². The molecule has 0 aliphatic carbocycles. The molecule has 38 heteroatoms. The van der Waals surface area contributed by atoms with Gasteiger partial charge in [0.05, 0.1) is 19.1 Å². The van der Waals surface area contributed by atoms with Crippen LogP contribution in [0.4, 0.5) is 0 Å². The lowest BCUT2D eigenvalue weighted by molar-refractivity contribution is -0.145. The number of para-hydroxylation sites is 2. The minimum Gasteiger partial charge on any atom is -0.481 e. The highest BCUT2D eigenvalue weighted by Crippen LogP contribution is 2.26. The fourth-order valence-electron chi connectivity index (χ4n) is 11.5. The van der Waals surface area contributed by atoms with Crippen LogP contribution in [-0.4, -0.2) is 228 Å². The summed E-state index contributed by atoms with van der Waals surface area (Å²) in [4.78, 5) is 243. The van der Waals surface area contributed by atoms with Crippen molar-refractivity contribution >= 4 is 144 Å². The van der Waals surface area contributed by atoms with Gasteiger partial charge in [0.2, 0.25) is 76.8 Å². The van der Waals surface area contributed by atoms with E-state index in [2.05, 4.69) is 79.1 Å². The maximum absolute atomic E-state index is 15.1. The predicted octanol–water partition coefficient (Wildman–Crippen LogP) is -1.03. The van der Waals surface area contributed by atoms with Crippen LogP contribution in [-0.2, 0) is 94.3 Å². The molecule has 5 rings (SSSR count). The molecule has 110 heavy (non-hydrogen) atoms. The SMILES string of the molecule is CC(=O)N[C@@H](CC(=O)O)C(=O)N[C@H]1CSSC[C@@H](C(=O)N[C@H](C(=O)O)[C@@H](C)O)NC(=O)[C@H](Cc2c[nH]c3ccccc23)NC(=O)[C@H](C(C)C)NC(=O)[C@H](CC(C)C)NC(=O)[C@H](CCC(=O)O)NC(=O)CNC(=O)[C@H](CC(C)C)NC(=O)[C@H](CC(=O)C(C)C)NC(=O)[C@H](Cc2c[nH]c3ccccc23)NC(=O)[C@H](C)NC1=O. The van der Waals surface area contributed by atoms with E-state index >= 15 is 4.79 Å². The smallest absolute Gasteiger partial charge is 0.328 e. The van der Waals surface area contributed by atoms with Crippen molar-refractivity contribution in [1.82, 2.24) is 79.1 Å². The molecule has 0 radical (unpaired) electrons. The van der Waals surface area contributed by atoms with Crippen molar-refractivity contribution in [2.75, 3.05) is 18.1 Å². The van der Waals surface area contributed by atoms with Gasteiger partial charge in [-0.1, -0.05) is 113 Å². The number of nitrogens with one attached hydrogen (secondary N) is 15. The molecule has 13 amide bonds. The number of aliphatic hydroxyl groups excluding tert-OH is 1. The van der Waals surface area contributed by atoms with Crippen LogP contribution in [0.3, 0.4) is 0 Å². The van der Waals surface area contributed by atoms with Crippen molar-refractivity contribution in [2.24, 2.45) is 23.7 Å². The number of aliphatic hydroxyl groups is 1. The Hall–Kier alpha value is -10.6. The Morgan fingerprint density at radius 2 is 1.03 bits per heavy atom. The second-order valence-electron chi connectivity index (χ2n) is 28.4. The number of H-pyrrole nitrogens is 2. The van der Waals surface area contributed by atoms with E-state index in [1.54, 1.807) is 102 Å². The van der Waals surface area contributed by atoms with E-state index in [1.165, 1.54) is 20.8 Å². The predicted molar refractivity (Wildman–Crippen MR) is 403 cm³/mol. The number of aliphatic carboxylic acids is 3. The summed E-state index contributed by atoms with van der Waals surface area (Å²) < 4.78 is 0. The maximum Gasteiger partial charge on any atom is 0.328 e. The lowest BCUT2D eigenvalue weighted by Crippen LogP contribution is -2.61. The Bertz CT molecular complexity index is 4000. The van der Waals surface area contributed by atoms with Crippen molar-refractivity contribution in [3.63, 3.8) is 0 Å². The molecule has 1 aliphatic heterocycles. The van der Waals surface area contributed by atoms with Gasteiger partial charge < -0.3 is 99.5 Å². The quantitative estimate of drug-likeness (QED) is 0.0373. The van der Waals surface area contributed by atoms with Crippen molar-refractivity contribution in [1.29, 1.82) is 0 Å². The Morgan fingerprint density at radius 1 is 0.536 bits per heavy atom. The number of aromatic nitrogens is 2. The number of fused-ring (bicyclic) bond motifs is 2. The summed E-state index contributed by atoms with van der Waals surface area (Å²) >= 11 is 0. The first-order valence-electron chi connectivity index (χ1n) is 35.8. The summed E-state index contributed by atoms with van der Waals surface area (Å²) in [5.74, 6) is -22.2. The number of carbonyl (C=O) groups is 17. The zero-order valence-electron chi connectivity index (χ0n) is 62.9. The highest BCUT2D eigenvalue weighted by molar-refractivity contribution is 8.76. The molecule has 19 N–H and O–H groups in total. The first-order valence-corrected chi connectivity index (χ1v) is 38.3. The summed E-state index contributed by atoms with van der Waals surface area (Å²) in [6.07, 6.45) is -2.40. The van der Waals surface area contributed by atoms with E-state index in [0.717, 1.165) is 35.4 Å². The number of amides is 13. The Kier molecular flexibility index (Phi) is 35.1. The highest BCUT2D eigenvalue weighted by atomic mass is 33.1. The number of ketones is 1. The molecule has 2 aromatic heterocycles. The van der Waals surface area contributed by atoms with E-state index in [1.807, 2.05) is 0 Å². The summed E-state index contributed by atoms with van der Waals surface area (Å²) in [5.41, 5.74) is 2.10. The third-order valence-electron chi connectivity index (χ3n) is 17.5. The number of rotatable bonds is 24. The van der Waals surface area contributed by atoms with Crippen LogP contribution in [0.5, 0.6) is 0 Å². The van der Waals surface area contributed by atoms with Crippen LogP contribution in [0.2, 0.25) is 0 Å². The highest BCUT2D eigenvalue weighted by Gasteiger charge is 2.39. The average Bonchev–Trinajstić information content (AvgIpc) is 1.65. The number of carbonyl (C=O) groups excluding carboxylic acids is 14. The third-order valence-corrected chi connectivity index (χ3v) is 19.9. The molecule has 13 atom stereocenters. The van der Waals surface area contributed by atoms with Crippen LogP contribution in [0.25, 0.3) is 21.8 Å². The number of carboxylic acids is 3. The van der Waals surface area contributed by atoms with E-state index in [0.29, 0.717) is 32.9 Å². The molecule has 602 valence electrons. The van der Waals surface area contributed by atoms with Gasteiger partial charge >= 0.3 is 17.9 Å². The normalized spacial score (nSPS) is 22.9. The minimum absolute atomic E-state index is 0.106. The molecule has 36 nitrogen and oxygen atoms in total. The zero-order valence-corrected chi connectivity index (χ0v) is 64.5. The topological polar surface area (TPSA) is 559 Å². The monoisotopic (exact) mass is 1580 g/mol. The van der Waals surface area contributed by atoms with Crippen molar-refractivity contribution in [3.8, 4) is 0 Å². The molecule has 1 aliphatic rings. The molecule has 0 saturated carbocycles. The van der Waals surface area contributed by atoms with Crippen LogP contribution in [0.15, 0.2) is 60.9 Å². The largest absolute Gasteiger partial charge is 0.481 e. The second kappa shape index (κ2) is 42.9. The average molecular weight is 1580 g/mol. The molecular weight excluding hydrogens is 1480 g/mol. The van der Waals surface area contributed by atoms with Gasteiger partial charge in [0.1, 0.15) is 72.2 Å². The number of benzene rings is 2. The number of aromatic amines is 2. The molecule has 3 heterocycles. The molecular formula is C72H101N15O21S2. The minimum atomic E-state index is -1.98. The van der Waals surface area contributed by atoms with E-state index in [-0.39, 0.29) is 37.5 Å². The van der Waals surface area contributed by atoms with E-state index < -0.39 is 235 Å². The molecule has 1 saturated heterocycles. The van der Waals surface area contributed by atoms with Crippen LogP contribution < -0.4 is 69.1 Å². The second-order valence-corrected chi connectivity index (χ2v) is 30.9. The number of hydrogen-bond acceptors (Lipinski definition) is 20. The van der Waals surface area contributed by atoms with Gasteiger partial charge in [-0.2, -0.15) is 0 Å². The first kappa shape index (κ1) is 90.0. The van der Waals surface area contributed by atoms with Crippen molar-refractivity contribution in [3.05, 3.63) is 72.1 Å². The fourth-order valence-corrected chi connectivity index (χ4v) is 13.9. The van der Waals surface area contributed by atoms with Crippen molar-refractivity contribution in [2.45, 2.75) is 206 Å². The van der Waals surface area contributed by atoms with E-state index in [9.17, 15) is 97.1 Å². The zero-order chi connectivity index (χ0) is 82.0. The molecule has 1 fully saturated rings. The summed E-state index contributed by atoms with van der Waals surface area (Å²) in [6.45, 7) is 15.3. The molecule has 0 spiro atoms. The summed E-state index contributed by atoms with van der Waals surface area (Å²) in [6, 6.07) is -6.55. The molecule has 2 aromatic carbocycles. The van der Waals surface area contributed by atoms with Crippen molar-refractivity contribution < 1.29 is 102 Å². The molecule has 4 aromatic rings. The Morgan fingerprint density at radius 3 is 1.54 bits per heavy atom. The summed E-state index contributed by atoms with van der Waals surface area (Å²) in [7, 11) is 1.46. The third kappa shape index (κ3) is 28.4. The van der Waals surface area contributed by atoms with Gasteiger partial charge in [-0.05, 0) is 74.1 Å². The van der Waals surface area contributed by atoms with Gasteiger partial charge in [0, 0.05) is 84.2 Å². The van der Waals surface area contributed by atoms with Gasteiger partial charge in [-0.25, -0.2) is 4.79 Å². The standard InChI is InChI=1S/C72H101N15O21S2/c1-33(2)22-47-62(97)75-30-56(91)78-46(20-21-57(92)93)63(98)81-48(23-34(3)4)68(103)86-59(36(7)8)71(106)83-50(25-41-29-74-45-19-15-13-17-43(41)45)65(100)85-54(70(105)87-60(38(10)88)72(107)108)32-110-109-31-53(84-67(102)52(27-58(94)95)77-39(11)89)69(104)76-37(9)61(96)79-49(24-40-28-73-44-18-14-12-16-42(40)44)64(99)82-51(66(101)80-47)26-55(90)35(5)6/h12-19,28-29,33-38,46-54,59-60,73-74,88H,20-27,30-32H2,1-11H3,(H,75,97)(H,76,104)(H,77,89)(H,78,91)(H,79,96)(H,80,101)(H,81,98)(H,82,99)(H,83,106)(H,84,102)(H,85,100)(H,86,103)(H,87,105)(H,92,93)(H,94,95)(H,107,108)/t37-,38+,46-,47-,48-,49-,50-,51-,52-,53-,54-,59-,60-/m0/s1. The number of hydrogen-bond donors (Lipinski definition) is 19. The van der Waals surface area contributed by atoms with Crippen LogP contribution in [0, 0.1) is 23.7 Å². The lowest BCUT2D eigenvalue weighted by atomic mass is 9.98. The lowest BCUT2D eigenvalue weighted by Gasteiger charge is -2.29. The van der Waals surface area contributed by atoms with Gasteiger partial charge in [-0.15, -0.1) is 0 Å². The van der Waals surface area contributed by atoms with E-state index in [4.69, 9.17) is 0 Å². The van der Waals surface area contributed by atoms with Gasteiger partial charge in [0.25, 0.3) is 0 Å².